The number of hydrogen-bond donors (Lipinski definition) is 1. The molecule has 0 aliphatic heterocycles. The number of ketones is 1. The van der Waals surface area contributed by atoms with Gasteiger partial charge < -0.3 is 14.5 Å². The average molecular weight is 274 g/mol. The lowest BCUT2D eigenvalue weighted by Crippen LogP contribution is -2.02. The zero-order valence-electron chi connectivity index (χ0n) is 11.2. The third kappa shape index (κ3) is 3.23. The zero-order chi connectivity index (χ0) is 14.5. The summed E-state index contributed by atoms with van der Waals surface area (Å²) < 4.78 is 9.85. The van der Waals surface area contributed by atoms with Gasteiger partial charge in [0.1, 0.15) is 11.6 Å². The molecule has 2 rings (SSSR count). The Balaban J connectivity index is 1.96. The highest BCUT2D eigenvalue weighted by Gasteiger charge is 2.10. The van der Waals surface area contributed by atoms with Crippen LogP contribution >= 0.6 is 0 Å². The summed E-state index contributed by atoms with van der Waals surface area (Å²) in [6.07, 6.45) is 1.51. The van der Waals surface area contributed by atoms with Crippen molar-refractivity contribution in [3.63, 3.8) is 0 Å². The Hall–Kier alpha value is -2.63. The van der Waals surface area contributed by atoms with E-state index in [0.717, 1.165) is 0 Å². The molecule has 0 atom stereocenters. The number of ether oxygens (including phenoxy) is 1. The first-order valence-electron chi connectivity index (χ1n) is 5.98. The van der Waals surface area contributed by atoms with Crippen molar-refractivity contribution in [2.45, 2.75) is 13.5 Å². The van der Waals surface area contributed by atoms with Crippen LogP contribution in [0.15, 0.2) is 34.9 Å². The minimum absolute atomic E-state index is 0.0298. The van der Waals surface area contributed by atoms with Crippen LogP contribution in [0.2, 0.25) is 0 Å². The van der Waals surface area contributed by atoms with E-state index in [1.807, 2.05) is 0 Å². The lowest BCUT2D eigenvalue weighted by molar-refractivity contribution is 0.0563. The molecule has 0 radical (unpaired) electrons. The third-order valence-corrected chi connectivity index (χ3v) is 2.66. The van der Waals surface area contributed by atoms with Gasteiger partial charge in [-0.1, -0.05) is 0 Å². The Morgan fingerprint density at radius 1 is 1.30 bits per heavy atom. The molecule has 0 aliphatic carbocycles. The smallest absolute Gasteiger partial charge is 0.373 e. The molecule has 104 valence electrons. The zero-order valence-corrected chi connectivity index (χ0v) is 11.2. The van der Waals surface area contributed by atoms with Crippen LogP contribution in [-0.2, 0) is 11.3 Å². The van der Waals surface area contributed by atoms with Crippen molar-refractivity contribution < 1.29 is 18.7 Å². The normalized spacial score (nSPS) is 10.1. The average Bonchev–Trinajstić information content (AvgIpc) is 2.93. The molecule has 6 heteroatoms. The summed E-state index contributed by atoms with van der Waals surface area (Å²) in [5.41, 5.74) is 0.557. The highest BCUT2D eigenvalue weighted by atomic mass is 16.5. The molecule has 20 heavy (non-hydrogen) atoms. The van der Waals surface area contributed by atoms with Crippen LogP contribution < -0.4 is 5.32 Å². The number of aromatic nitrogens is 1. The molecule has 0 spiro atoms. The van der Waals surface area contributed by atoms with Crippen molar-refractivity contribution >= 4 is 17.6 Å². The quantitative estimate of drug-likeness (QED) is 0.665. The molecule has 6 nitrogen and oxygen atoms in total. The minimum atomic E-state index is -0.514. The Bertz CT molecular complexity index is 616. The number of Topliss-reactive ketones (excluding diaryl/α,β-unsaturated/α-hetero) is 1. The van der Waals surface area contributed by atoms with Gasteiger partial charge in [-0.15, -0.1) is 0 Å². The first-order valence-corrected chi connectivity index (χ1v) is 5.98. The van der Waals surface area contributed by atoms with Crippen LogP contribution in [0, 0.1) is 0 Å². The molecule has 2 aromatic rings. The summed E-state index contributed by atoms with van der Waals surface area (Å²) >= 11 is 0. The van der Waals surface area contributed by atoms with E-state index in [0.29, 0.717) is 23.7 Å². The van der Waals surface area contributed by atoms with Crippen molar-refractivity contribution in [2.24, 2.45) is 0 Å². The van der Waals surface area contributed by atoms with Gasteiger partial charge in [0.2, 0.25) is 5.76 Å². The fourth-order valence-corrected chi connectivity index (χ4v) is 1.57. The molecule has 0 saturated carbocycles. The first kappa shape index (κ1) is 13.8. The summed E-state index contributed by atoms with van der Waals surface area (Å²) in [7, 11) is 1.29. The Kier molecular flexibility index (Phi) is 4.14. The molecule has 1 N–H and O–H groups in total. The van der Waals surface area contributed by atoms with Crippen molar-refractivity contribution in [1.82, 2.24) is 4.98 Å². The van der Waals surface area contributed by atoms with Crippen molar-refractivity contribution in [2.75, 3.05) is 12.4 Å². The predicted octanol–water partition coefficient (Wildman–Crippen LogP) is 2.28. The largest absolute Gasteiger partial charge is 0.463 e. The standard InChI is InChI=1S/C14H14N2O4/c1-9(17)10-3-6-13(15-7-10)16-8-11-4-5-12(20-11)14(18)19-2/h3-7H,8H2,1-2H3,(H,15,16). The second-order valence-electron chi connectivity index (χ2n) is 4.10. The van der Waals surface area contributed by atoms with Gasteiger partial charge in [0.15, 0.2) is 5.78 Å². The fourth-order valence-electron chi connectivity index (χ4n) is 1.57. The van der Waals surface area contributed by atoms with Gasteiger partial charge >= 0.3 is 5.97 Å². The maximum absolute atomic E-state index is 11.2. The lowest BCUT2D eigenvalue weighted by atomic mass is 10.2. The van der Waals surface area contributed by atoms with Crippen LogP contribution in [0.25, 0.3) is 0 Å². The third-order valence-electron chi connectivity index (χ3n) is 2.66. The van der Waals surface area contributed by atoms with Crippen molar-refractivity contribution in [3.05, 3.63) is 47.5 Å². The number of methoxy groups -OCH3 is 1. The SMILES string of the molecule is COC(=O)c1ccc(CNc2ccc(C(C)=O)cn2)o1. The van der Waals surface area contributed by atoms with E-state index in [2.05, 4.69) is 15.0 Å². The van der Waals surface area contributed by atoms with E-state index >= 15 is 0 Å². The Morgan fingerprint density at radius 2 is 2.10 bits per heavy atom. The van der Waals surface area contributed by atoms with E-state index in [1.165, 1.54) is 20.2 Å². The molecule has 0 aromatic carbocycles. The van der Waals surface area contributed by atoms with Gasteiger partial charge in [-0.3, -0.25) is 4.79 Å². The van der Waals surface area contributed by atoms with E-state index < -0.39 is 5.97 Å². The topological polar surface area (TPSA) is 81.4 Å². The van der Waals surface area contributed by atoms with Crippen LogP contribution in [0.5, 0.6) is 0 Å². The summed E-state index contributed by atoms with van der Waals surface area (Å²) in [6.45, 7) is 1.87. The second kappa shape index (κ2) is 6.01. The van der Waals surface area contributed by atoms with Gasteiger partial charge in [0.05, 0.1) is 13.7 Å². The number of esters is 1. The predicted molar refractivity (Wildman–Crippen MR) is 71.6 cm³/mol. The molecule has 0 saturated heterocycles. The van der Waals surface area contributed by atoms with Crippen LogP contribution in [0.4, 0.5) is 5.82 Å². The molecule has 0 bridgehead atoms. The molecular weight excluding hydrogens is 260 g/mol. The summed E-state index contributed by atoms with van der Waals surface area (Å²) in [5.74, 6) is 0.816. The fraction of sp³-hybridized carbons (Fsp3) is 0.214. The molecule has 0 aliphatic rings. The van der Waals surface area contributed by atoms with Gasteiger partial charge in [-0.25, -0.2) is 9.78 Å². The maximum Gasteiger partial charge on any atom is 0.373 e. The molecule has 0 fully saturated rings. The molecule has 2 heterocycles. The molecular formula is C14H14N2O4. The van der Waals surface area contributed by atoms with Gasteiger partial charge in [0.25, 0.3) is 0 Å². The second-order valence-corrected chi connectivity index (χ2v) is 4.10. The van der Waals surface area contributed by atoms with Crippen molar-refractivity contribution in [1.29, 1.82) is 0 Å². The van der Waals surface area contributed by atoms with Crippen LogP contribution in [-0.4, -0.2) is 23.8 Å². The summed E-state index contributed by atoms with van der Waals surface area (Å²) in [6, 6.07) is 6.64. The van der Waals surface area contributed by atoms with E-state index in [9.17, 15) is 9.59 Å². The highest BCUT2D eigenvalue weighted by Crippen LogP contribution is 2.12. The van der Waals surface area contributed by atoms with E-state index in [-0.39, 0.29) is 11.5 Å². The molecule has 0 unspecified atom stereocenters. The molecule has 0 amide bonds. The first-order chi connectivity index (χ1) is 9.60. The number of pyridine rings is 1. The number of rotatable bonds is 5. The minimum Gasteiger partial charge on any atom is -0.463 e. The lowest BCUT2D eigenvalue weighted by Gasteiger charge is -2.03. The highest BCUT2D eigenvalue weighted by molar-refractivity contribution is 5.93. The van der Waals surface area contributed by atoms with Gasteiger partial charge in [0, 0.05) is 11.8 Å². The number of anilines is 1. The van der Waals surface area contributed by atoms with Gasteiger partial charge in [-0.2, -0.15) is 0 Å². The Labute approximate surface area is 115 Å². The van der Waals surface area contributed by atoms with E-state index in [4.69, 9.17) is 4.42 Å². The summed E-state index contributed by atoms with van der Waals surface area (Å²) in [4.78, 5) is 26.4. The van der Waals surface area contributed by atoms with Gasteiger partial charge in [-0.05, 0) is 31.2 Å². The number of carbonyl (C=O) groups excluding carboxylic acids is 2. The Morgan fingerprint density at radius 3 is 2.70 bits per heavy atom. The number of carbonyl (C=O) groups is 2. The van der Waals surface area contributed by atoms with E-state index in [1.54, 1.807) is 24.3 Å². The van der Waals surface area contributed by atoms with Crippen LogP contribution in [0.3, 0.4) is 0 Å². The number of hydrogen-bond acceptors (Lipinski definition) is 6. The maximum atomic E-state index is 11.2. The number of nitrogens with one attached hydrogen (secondary N) is 1. The van der Waals surface area contributed by atoms with Crippen LogP contribution in [0.1, 0.15) is 33.6 Å². The monoisotopic (exact) mass is 274 g/mol. The number of furan rings is 1. The molecule has 2 aromatic heterocycles. The number of nitrogens with zero attached hydrogens (tertiary/aromatic N) is 1. The van der Waals surface area contributed by atoms with Crippen molar-refractivity contribution in [3.8, 4) is 0 Å². The summed E-state index contributed by atoms with van der Waals surface area (Å²) in [5, 5.41) is 3.03.